The zero-order chi connectivity index (χ0) is 13.1. The molecule has 0 unspecified atom stereocenters. The molecule has 98 valence electrons. The Morgan fingerprint density at radius 3 is 2.06 bits per heavy atom. The minimum Gasteiger partial charge on any atom is -0.481 e. The fourth-order valence-electron chi connectivity index (χ4n) is 1.13. The average Bonchev–Trinajstić information content (AvgIpc) is 2.23. The van der Waals surface area contributed by atoms with E-state index in [-0.39, 0.29) is 18.4 Å². The summed E-state index contributed by atoms with van der Waals surface area (Å²) in [4.78, 5) is 31.7. The Labute approximate surface area is 99.7 Å². The number of nitrogens with two attached hydrogens (primary N) is 1. The van der Waals surface area contributed by atoms with Gasteiger partial charge in [0, 0.05) is 25.9 Å². The van der Waals surface area contributed by atoms with Crippen molar-refractivity contribution < 1.29 is 19.5 Å². The number of carbonyl (C=O) groups excluding carboxylic acids is 2. The van der Waals surface area contributed by atoms with Crippen molar-refractivity contribution in [3.63, 3.8) is 0 Å². The van der Waals surface area contributed by atoms with Gasteiger partial charge >= 0.3 is 12.0 Å². The van der Waals surface area contributed by atoms with Crippen molar-refractivity contribution in [3.05, 3.63) is 0 Å². The number of hydrogen-bond acceptors (Lipinski definition) is 3. The number of urea groups is 1. The van der Waals surface area contributed by atoms with Gasteiger partial charge in [0.25, 0.3) is 0 Å². The SMILES string of the molecule is NC(=O)CCCCNC(=O)NCCCC(=O)O. The molecule has 0 rings (SSSR count). The van der Waals surface area contributed by atoms with E-state index in [0.29, 0.717) is 38.8 Å². The number of carboxylic acid groups (broad SMARTS) is 1. The Bertz CT molecular complexity index is 268. The second-order valence-corrected chi connectivity index (χ2v) is 3.60. The first-order valence-electron chi connectivity index (χ1n) is 5.54. The highest BCUT2D eigenvalue weighted by atomic mass is 16.4. The third kappa shape index (κ3) is 12.1. The minimum absolute atomic E-state index is 0.0406. The fraction of sp³-hybridized carbons (Fsp3) is 0.700. The van der Waals surface area contributed by atoms with Crippen LogP contribution in [0.25, 0.3) is 0 Å². The number of primary amides is 1. The van der Waals surface area contributed by atoms with Crippen LogP contribution in [-0.2, 0) is 9.59 Å². The zero-order valence-electron chi connectivity index (χ0n) is 9.70. The molecule has 0 bridgehead atoms. The maximum atomic E-state index is 11.1. The second-order valence-electron chi connectivity index (χ2n) is 3.60. The standard InChI is InChI=1S/C10H19N3O4/c11-8(14)4-1-2-6-12-10(17)13-7-3-5-9(15)16/h1-7H2,(H2,11,14)(H,15,16)(H2,12,13,17). The van der Waals surface area contributed by atoms with Crippen molar-refractivity contribution in [3.8, 4) is 0 Å². The van der Waals surface area contributed by atoms with Crippen molar-refractivity contribution in [1.29, 1.82) is 0 Å². The van der Waals surface area contributed by atoms with Crippen molar-refractivity contribution in [2.24, 2.45) is 5.73 Å². The van der Waals surface area contributed by atoms with Crippen molar-refractivity contribution in [2.45, 2.75) is 32.1 Å². The zero-order valence-corrected chi connectivity index (χ0v) is 9.70. The first-order valence-corrected chi connectivity index (χ1v) is 5.54. The summed E-state index contributed by atoms with van der Waals surface area (Å²) in [6.45, 7) is 0.803. The maximum absolute atomic E-state index is 11.1. The van der Waals surface area contributed by atoms with E-state index in [1.165, 1.54) is 0 Å². The van der Waals surface area contributed by atoms with E-state index >= 15 is 0 Å². The van der Waals surface area contributed by atoms with Crippen molar-refractivity contribution in [2.75, 3.05) is 13.1 Å². The third-order valence-electron chi connectivity index (χ3n) is 1.99. The van der Waals surface area contributed by atoms with Gasteiger partial charge in [-0.15, -0.1) is 0 Å². The van der Waals surface area contributed by atoms with Gasteiger partial charge in [-0.1, -0.05) is 0 Å². The summed E-state index contributed by atoms with van der Waals surface area (Å²) >= 11 is 0. The summed E-state index contributed by atoms with van der Waals surface area (Å²) in [5.74, 6) is -1.22. The molecule has 0 saturated heterocycles. The quantitative estimate of drug-likeness (QED) is 0.420. The number of hydrogen-bond donors (Lipinski definition) is 4. The molecule has 0 saturated carbocycles. The lowest BCUT2D eigenvalue weighted by atomic mass is 10.2. The van der Waals surface area contributed by atoms with E-state index in [4.69, 9.17) is 10.8 Å². The van der Waals surface area contributed by atoms with Crippen molar-refractivity contribution >= 4 is 17.9 Å². The smallest absolute Gasteiger partial charge is 0.314 e. The van der Waals surface area contributed by atoms with Gasteiger partial charge < -0.3 is 21.5 Å². The van der Waals surface area contributed by atoms with E-state index in [0.717, 1.165) is 0 Å². The van der Waals surface area contributed by atoms with Crippen LogP contribution in [0.4, 0.5) is 4.79 Å². The number of aliphatic carboxylic acids is 1. The van der Waals surface area contributed by atoms with Gasteiger partial charge in [0.1, 0.15) is 0 Å². The van der Waals surface area contributed by atoms with Gasteiger partial charge in [-0.05, 0) is 19.3 Å². The maximum Gasteiger partial charge on any atom is 0.314 e. The third-order valence-corrected chi connectivity index (χ3v) is 1.99. The molecule has 0 aromatic rings. The second kappa shape index (κ2) is 9.44. The highest BCUT2D eigenvalue weighted by Crippen LogP contribution is 1.92. The van der Waals surface area contributed by atoms with Gasteiger partial charge in [-0.25, -0.2) is 4.79 Å². The average molecular weight is 245 g/mol. The predicted molar refractivity (Wildman–Crippen MR) is 61.3 cm³/mol. The molecule has 0 heterocycles. The molecule has 0 aliphatic rings. The van der Waals surface area contributed by atoms with Gasteiger partial charge in [-0.3, -0.25) is 9.59 Å². The van der Waals surface area contributed by atoms with Crippen LogP contribution < -0.4 is 16.4 Å². The molecule has 0 aromatic heterocycles. The van der Waals surface area contributed by atoms with Crippen LogP contribution in [0.1, 0.15) is 32.1 Å². The summed E-state index contributed by atoms with van der Waals surface area (Å²) in [6.07, 6.45) is 2.10. The molecule has 7 nitrogen and oxygen atoms in total. The predicted octanol–water partition coefficient (Wildman–Crippen LogP) is -0.194. The topological polar surface area (TPSA) is 122 Å². The Hall–Kier alpha value is -1.79. The highest BCUT2D eigenvalue weighted by Gasteiger charge is 2.01. The molecule has 0 fully saturated rings. The van der Waals surface area contributed by atoms with Crippen LogP contribution in [0.15, 0.2) is 0 Å². The lowest BCUT2D eigenvalue weighted by Crippen LogP contribution is -2.36. The lowest BCUT2D eigenvalue weighted by molar-refractivity contribution is -0.137. The largest absolute Gasteiger partial charge is 0.481 e. The number of amides is 3. The Kier molecular flexibility index (Phi) is 8.44. The summed E-state index contributed by atoms with van der Waals surface area (Å²) < 4.78 is 0. The lowest BCUT2D eigenvalue weighted by Gasteiger charge is -2.06. The Morgan fingerprint density at radius 1 is 0.941 bits per heavy atom. The Balaban J connectivity index is 3.29. The van der Waals surface area contributed by atoms with Crippen LogP contribution in [-0.4, -0.2) is 36.1 Å². The number of unbranched alkanes of at least 4 members (excludes halogenated alkanes) is 1. The monoisotopic (exact) mass is 245 g/mol. The summed E-state index contributed by atoms with van der Waals surface area (Å²) in [5, 5.41) is 13.5. The first kappa shape index (κ1) is 15.2. The number of rotatable bonds is 9. The minimum atomic E-state index is -0.876. The summed E-state index contributed by atoms with van der Waals surface area (Å²) in [6, 6.07) is -0.325. The molecular weight excluding hydrogens is 226 g/mol. The molecule has 0 aliphatic carbocycles. The number of carboxylic acids is 1. The Morgan fingerprint density at radius 2 is 1.53 bits per heavy atom. The molecule has 3 amide bonds. The molecule has 5 N–H and O–H groups in total. The van der Waals surface area contributed by atoms with Gasteiger partial charge in [0.15, 0.2) is 0 Å². The van der Waals surface area contributed by atoms with Crippen LogP contribution in [0.2, 0.25) is 0 Å². The van der Waals surface area contributed by atoms with Crippen molar-refractivity contribution in [1.82, 2.24) is 10.6 Å². The molecule has 0 radical (unpaired) electrons. The van der Waals surface area contributed by atoms with E-state index in [9.17, 15) is 14.4 Å². The number of carbonyl (C=O) groups is 3. The highest BCUT2D eigenvalue weighted by molar-refractivity contribution is 5.74. The molecule has 0 aromatic carbocycles. The summed E-state index contributed by atoms with van der Waals surface area (Å²) in [7, 11) is 0. The molecule has 0 aliphatic heterocycles. The van der Waals surface area contributed by atoms with Gasteiger partial charge in [-0.2, -0.15) is 0 Å². The van der Waals surface area contributed by atoms with Crippen LogP contribution >= 0.6 is 0 Å². The molecule has 17 heavy (non-hydrogen) atoms. The van der Waals surface area contributed by atoms with Gasteiger partial charge in [0.2, 0.25) is 5.91 Å². The summed E-state index contributed by atoms with van der Waals surface area (Å²) in [5.41, 5.74) is 4.95. The number of nitrogens with one attached hydrogen (secondary N) is 2. The van der Waals surface area contributed by atoms with E-state index in [1.54, 1.807) is 0 Å². The van der Waals surface area contributed by atoms with E-state index < -0.39 is 5.97 Å². The van der Waals surface area contributed by atoms with Crippen LogP contribution in [0.3, 0.4) is 0 Å². The van der Waals surface area contributed by atoms with Crippen LogP contribution in [0.5, 0.6) is 0 Å². The van der Waals surface area contributed by atoms with E-state index in [2.05, 4.69) is 10.6 Å². The van der Waals surface area contributed by atoms with Gasteiger partial charge in [0.05, 0.1) is 0 Å². The normalized spacial score (nSPS) is 9.65. The van der Waals surface area contributed by atoms with E-state index in [1.807, 2.05) is 0 Å². The molecule has 0 spiro atoms. The molecular formula is C10H19N3O4. The fourth-order valence-corrected chi connectivity index (χ4v) is 1.13. The molecule has 0 atom stereocenters. The molecule has 7 heteroatoms. The first-order chi connectivity index (χ1) is 8.02. The van der Waals surface area contributed by atoms with Crippen LogP contribution in [0, 0.1) is 0 Å².